The van der Waals surface area contributed by atoms with Crippen LogP contribution >= 0.6 is 11.3 Å². The summed E-state index contributed by atoms with van der Waals surface area (Å²) in [6.07, 6.45) is 4.26. The summed E-state index contributed by atoms with van der Waals surface area (Å²) in [6.45, 7) is 0. The molecule has 3 nitrogen and oxygen atoms in total. The van der Waals surface area contributed by atoms with Crippen molar-refractivity contribution in [1.82, 2.24) is 5.06 Å². The number of furan rings is 1. The van der Waals surface area contributed by atoms with Gasteiger partial charge in [0.25, 0.3) is 0 Å². The van der Waals surface area contributed by atoms with Gasteiger partial charge in [-0.2, -0.15) is 5.06 Å². The lowest BCUT2D eigenvalue weighted by Crippen LogP contribution is -2.25. The smallest absolute Gasteiger partial charge is 0.123 e. The largest absolute Gasteiger partial charge is 0.468 e. The summed E-state index contributed by atoms with van der Waals surface area (Å²) in [6, 6.07) is 8.98. The summed E-state index contributed by atoms with van der Waals surface area (Å²) < 4.78 is 5.52. The van der Waals surface area contributed by atoms with Crippen LogP contribution in [0.4, 0.5) is 0 Å². The highest BCUT2D eigenvalue weighted by atomic mass is 32.1. The van der Waals surface area contributed by atoms with Gasteiger partial charge in [0, 0.05) is 11.3 Å². The number of hydroxylamine groups is 2. The molecule has 0 aromatic carbocycles. The van der Waals surface area contributed by atoms with Crippen molar-refractivity contribution in [2.24, 2.45) is 0 Å². The van der Waals surface area contributed by atoms with Crippen molar-refractivity contribution in [3.05, 3.63) is 46.5 Å². The first-order valence-electron chi connectivity index (χ1n) is 5.94. The Bertz CT molecular complexity index is 449. The minimum Gasteiger partial charge on any atom is -0.468 e. The molecule has 0 saturated carbocycles. The van der Waals surface area contributed by atoms with E-state index in [1.165, 1.54) is 4.88 Å². The maximum atomic E-state index is 5.93. The Balaban J connectivity index is 1.65. The molecule has 0 spiro atoms. The van der Waals surface area contributed by atoms with Crippen LogP contribution in [0, 0.1) is 0 Å². The lowest BCUT2D eigenvalue weighted by atomic mass is 9.95. The predicted octanol–water partition coefficient (Wildman–Crippen LogP) is 3.53. The topological polar surface area (TPSA) is 25.6 Å². The zero-order valence-electron chi connectivity index (χ0n) is 9.28. The van der Waals surface area contributed by atoms with Crippen molar-refractivity contribution >= 4 is 11.3 Å². The van der Waals surface area contributed by atoms with Gasteiger partial charge in [0.15, 0.2) is 0 Å². The lowest BCUT2D eigenvalue weighted by molar-refractivity contribution is -0.138. The zero-order chi connectivity index (χ0) is 11.2. The molecule has 0 aliphatic carbocycles. The molecule has 4 heterocycles. The van der Waals surface area contributed by atoms with Crippen molar-refractivity contribution in [3.8, 4) is 0 Å². The van der Waals surface area contributed by atoms with Gasteiger partial charge in [-0.3, -0.25) is 4.84 Å². The fourth-order valence-electron chi connectivity index (χ4n) is 2.87. The van der Waals surface area contributed by atoms with E-state index < -0.39 is 0 Å². The molecular weight excluding hydrogens is 234 g/mol. The molecule has 0 amide bonds. The van der Waals surface area contributed by atoms with E-state index in [0.717, 1.165) is 18.6 Å². The van der Waals surface area contributed by atoms with Crippen LogP contribution in [0.25, 0.3) is 0 Å². The van der Waals surface area contributed by atoms with E-state index in [1.54, 1.807) is 17.6 Å². The predicted molar refractivity (Wildman–Crippen MR) is 64.5 cm³/mol. The van der Waals surface area contributed by atoms with Gasteiger partial charge < -0.3 is 4.42 Å². The van der Waals surface area contributed by atoms with Crippen LogP contribution in [-0.4, -0.2) is 11.2 Å². The molecule has 2 aliphatic heterocycles. The van der Waals surface area contributed by atoms with Gasteiger partial charge in [-0.25, -0.2) is 0 Å². The van der Waals surface area contributed by atoms with Crippen molar-refractivity contribution in [1.29, 1.82) is 0 Å². The first kappa shape index (κ1) is 9.88. The standard InChI is InChI=1S/C13H13NO2S/c1-3-12(15-5-1)10-7-9-8-11(14(10)16-9)13-4-2-6-17-13/h1-6,9-11H,7-8H2/t9-,10+,11+/m1/s1. The molecule has 0 radical (unpaired) electrons. The van der Waals surface area contributed by atoms with E-state index >= 15 is 0 Å². The molecule has 2 saturated heterocycles. The number of fused-ring (bicyclic) bond motifs is 2. The summed E-state index contributed by atoms with van der Waals surface area (Å²) in [5.74, 6) is 1.02. The molecular formula is C13H13NO2S. The highest BCUT2D eigenvalue weighted by molar-refractivity contribution is 7.10. The molecule has 4 heteroatoms. The third-order valence-electron chi connectivity index (χ3n) is 3.60. The second kappa shape index (κ2) is 3.70. The second-order valence-corrected chi connectivity index (χ2v) is 5.60. The molecule has 17 heavy (non-hydrogen) atoms. The molecule has 88 valence electrons. The number of nitrogens with zero attached hydrogens (tertiary/aromatic N) is 1. The normalized spacial score (nSPS) is 35.5. The van der Waals surface area contributed by atoms with Gasteiger partial charge in [0.05, 0.1) is 24.5 Å². The SMILES string of the molecule is c1coc([C@@H]2C[C@@H]3C[C@@H](c4cccs4)N2O3)c1. The average Bonchev–Trinajstić information content (AvgIpc) is 3.12. The molecule has 4 rings (SSSR count). The summed E-state index contributed by atoms with van der Waals surface area (Å²) in [5, 5.41) is 4.26. The van der Waals surface area contributed by atoms with Crippen LogP contribution in [0.15, 0.2) is 40.3 Å². The molecule has 2 aliphatic rings. The Morgan fingerprint density at radius 1 is 1.18 bits per heavy atom. The Hall–Kier alpha value is -1.10. The van der Waals surface area contributed by atoms with Crippen LogP contribution in [0.3, 0.4) is 0 Å². The lowest BCUT2D eigenvalue weighted by Gasteiger charge is -2.27. The zero-order valence-corrected chi connectivity index (χ0v) is 10.1. The summed E-state index contributed by atoms with van der Waals surface area (Å²) in [4.78, 5) is 7.32. The van der Waals surface area contributed by atoms with Gasteiger partial charge in [0.1, 0.15) is 5.76 Å². The summed E-state index contributed by atoms with van der Waals surface area (Å²) in [7, 11) is 0. The second-order valence-electron chi connectivity index (χ2n) is 4.62. The van der Waals surface area contributed by atoms with E-state index in [9.17, 15) is 0 Å². The fraction of sp³-hybridized carbons (Fsp3) is 0.385. The van der Waals surface area contributed by atoms with Gasteiger partial charge in [-0.15, -0.1) is 11.3 Å². The van der Waals surface area contributed by atoms with Crippen molar-refractivity contribution in [3.63, 3.8) is 0 Å². The van der Waals surface area contributed by atoms with Crippen LogP contribution in [0.5, 0.6) is 0 Å². The van der Waals surface area contributed by atoms with E-state index in [-0.39, 0.29) is 6.04 Å². The summed E-state index contributed by atoms with van der Waals surface area (Å²) in [5.41, 5.74) is 0. The number of thiophene rings is 1. The maximum absolute atomic E-state index is 5.93. The molecule has 4 atom stereocenters. The highest BCUT2D eigenvalue weighted by Gasteiger charge is 2.48. The first-order chi connectivity index (χ1) is 8.42. The minimum absolute atomic E-state index is 0.288. The van der Waals surface area contributed by atoms with Gasteiger partial charge in [0.2, 0.25) is 0 Å². The van der Waals surface area contributed by atoms with Crippen LogP contribution < -0.4 is 0 Å². The third-order valence-corrected chi connectivity index (χ3v) is 4.57. The number of piperidine rings is 1. The minimum atomic E-state index is 0.288. The molecule has 2 aromatic rings. The van der Waals surface area contributed by atoms with E-state index in [1.807, 2.05) is 12.1 Å². The Morgan fingerprint density at radius 3 is 2.82 bits per heavy atom. The fourth-order valence-corrected chi connectivity index (χ4v) is 3.70. The Kier molecular flexibility index (Phi) is 2.15. The molecule has 1 unspecified atom stereocenters. The molecule has 2 aromatic heterocycles. The van der Waals surface area contributed by atoms with Crippen LogP contribution in [0.1, 0.15) is 35.6 Å². The summed E-state index contributed by atoms with van der Waals surface area (Å²) >= 11 is 1.81. The van der Waals surface area contributed by atoms with Crippen LogP contribution in [0.2, 0.25) is 0 Å². The molecule has 2 fully saturated rings. The average molecular weight is 247 g/mol. The van der Waals surface area contributed by atoms with Gasteiger partial charge >= 0.3 is 0 Å². The van der Waals surface area contributed by atoms with Crippen molar-refractivity contribution in [2.45, 2.75) is 31.0 Å². The maximum Gasteiger partial charge on any atom is 0.123 e. The van der Waals surface area contributed by atoms with Crippen molar-refractivity contribution < 1.29 is 9.25 Å². The number of hydrogen-bond donors (Lipinski definition) is 0. The van der Waals surface area contributed by atoms with Gasteiger partial charge in [-0.05, 0) is 30.0 Å². The monoisotopic (exact) mass is 247 g/mol. The Labute approximate surface area is 104 Å². The quantitative estimate of drug-likeness (QED) is 0.811. The number of rotatable bonds is 2. The van der Waals surface area contributed by atoms with Crippen molar-refractivity contribution in [2.75, 3.05) is 0 Å². The Morgan fingerprint density at radius 2 is 2.12 bits per heavy atom. The third kappa shape index (κ3) is 1.48. The van der Waals surface area contributed by atoms with Crippen LogP contribution in [-0.2, 0) is 4.84 Å². The molecule has 0 N–H and O–H groups in total. The van der Waals surface area contributed by atoms with E-state index in [4.69, 9.17) is 9.25 Å². The van der Waals surface area contributed by atoms with E-state index in [2.05, 4.69) is 22.6 Å². The highest BCUT2D eigenvalue weighted by Crippen LogP contribution is 2.50. The van der Waals surface area contributed by atoms with Gasteiger partial charge in [-0.1, -0.05) is 6.07 Å². The number of hydrogen-bond acceptors (Lipinski definition) is 4. The first-order valence-corrected chi connectivity index (χ1v) is 6.82. The molecule has 2 bridgehead atoms. The van der Waals surface area contributed by atoms with E-state index in [0.29, 0.717) is 12.1 Å².